The molecule has 0 spiro atoms. The summed E-state index contributed by atoms with van der Waals surface area (Å²) in [7, 11) is 0. The second-order valence-corrected chi connectivity index (χ2v) is 7.34. The van der Waals surface area contributed by atoms with Crippen LogP contribution in [0.15, 0.2) is 28.2 Å². The Bertz CT molecular complexity index is 805. The SMILES string of the molecule is CC(C)c1nnc2n1C[C@@H](NCc1csc(-c3ccco3)n1)CC2. The fraction of sp³-hybridized carbons (Fsp3) is 0.471. The molecule has 0 saturated heterocycles. The van der Waals surface area contributed by atoms with E-state index in [1.807, 2.05) is 12.1 Å². The number of furan rings is 1. The number of thiazole rings is 1. The molecule has 1 N–H and O–H groups in total. The Balaban J connectivity index is 1.39. The van der Waals surface area contributed by atoms with Crippen molar-refractivity contribution in [3.05, 3.63) is 41.1 Å². The van der Waals surface area contributed by atoms with Crippen LogP contribution in [0, 0.1) is 0 Å². The molecule has 24 heavy (non-hydrogen) atoms. The number of aryl methyl sites for hydroxylation is 1. The zero-order valence-electron chi connectivity index (χ0n) is 13.9. The maximum absolute atomic E-state index is 5.40. The number of hydrogen-bond acceptors (Lipinski definition) is 6. The first-order chi connectivity index (χ1) is 11.7. The van der Waals surface area contributed by atoms with Gasteiger partial charge in [0, 0.05) is 36.9 Å². The predicted molar refractivity (Wildman–Crippen MR) is 92.9 cm³/mol. The maximum atomic E-state index is 5.40. The van der Waals surface area contributed by atoms with Gasteiger partial charge in [-0.3, -0.25) is 0 Å². The minimum atomic E-state index is 0.402. The molecule has 0 saturated carbocycles. The van der Waals surface area contributed by atoms with Gasteiger partial charge in [0.05, 0.1) is 12.0 Å². The lowest BCUT2D eigenvalue weighted by molar-refractivity contribution is 0.369. The molecule has 0 unspecified atom stereocenters. The smallest absolute Gasteiger partial charge is 0.162 e. The summed E-state index contributed by atoms with van der Waals surface area (Å²) in [5, 5.41) is 15.3. The number of aromatic nitrogens is 4. The molecule has 7 heteroatoms. The molecule has 1 aliphatic heterocycles. The van der Waals surface area contributed by atoms with E-state index in [9.17, 15) is 0 Å². The van der Waals surface area contributed by atoms with Crippen LogP contribution < -0.4 is 5.32 Å². The summed E-state index contributed by atoms with van der Waals surface area (Å²) in [6, 6.07) is 4.26. The zero-order valence-corrected chi connectivity index (χ0v) is 14.7. The van der Waals surface area contributed by atoms with Crippen molar-refractivity contribution in [1.82, 2.24) is 25.1 Å². The van der Waals surface area contributed by atoms with E-state index in [4.69, 9.17) is 4.42 Å². The molecule has 0 radical (unpaired) electrons. The Hall–Kier alpha value is -1.99. The minimum Gasteiger partial charge on any atom is -0.462 e. The quantitative estimate of drug-likeness (QED) is 0.770. The third-order valence-electron chi connectivity index (χ3n) is 4.35. The van der Waals surface area contributed by atoms with Gasteiger partial charge in [0.25, 0.3) is 0 Å². The molecule has 4 rings (SSSR count). The largest absolute Gasteiger partial charge is 0.462 e. The standard InChI is InChI=1S/C17H21N5OS/c1-11(2)16-21-20-15-6-5-12(9-22(15)16)18-8-13-10-24-17(19-13)14-4-3-7-23-14/h3-4,7,10-12,18H,5-6,8-9H2,1-2H3/t12-/m0/s1. The Morgan fingerprint density at radius 3 is 3.12 bits per heavy atom. The van der Waals surface area contributed by atoms with Crippen LogP contribution in [0.3, 0.4) is 0 Å². The van der Waals surface area contributed by atoms with Crippen molar-refractivity contribution in [1.29, 1.82) is 0 Å². The third-order valence-corrected chi connectivity index (χ3v) is 5.25. The van der Waals surface area contributed by atoms with Crippen molar-refractivity contribution < 1.29 is 4.42 Å². The van der Waals surface area contributed by atoms with Gasteiger partial charge in [0.2, 0.25) is 0 Å². The van der Waals surface area contributed by atoms with E-state index >= 15 is 0 Å². The van der Waals surface area contributed by atoms with Crippen molar-refractivity contribution in [2.24, 2.45) is 0 Å². The molecular formula is C17H21N5OS. The van der Waals surface area contributed by atoms with Gasteiger partial charge in [-0.1, -0.05) is 13.8 Å². The molecule has 6 nitrogen and oxygen atoms in total. The van der Waals surface area contributed by atoms with Gasteiger partial charge in [-0.05, 0) is 18.6 Å². The molecule has 3 aromatic heterocycles. The first kappa shape index (κ1) is 15.5. The van der Waals surface area contributed by atoms with Crippen LogP contribution in [0.25, 0.3) is 10.8 Å². The van der Waals surface area contributed by atoms with Gasteiger partial charge in [0.15, 0.2) is 10.8 Å². The van der Waals surface area contributed by atoms with Crippen LogP contribution in [0.5, 0.6) is 0 Å². The third kappa shape index (κ3) is 3.01. The highest BCUT2D eigenvalue weighted by molar-refractivity contribution is 7.13. The maximum Gasteiger partial charge on any atom is 0.162 e. The van der Waals surface area contributed by atoms with Gasteiger partial charge in [0.1, 0.15) is 11.6 Å². The molecule has 1 aliphatic rings. The van der Waals surface area contributed by atoms with Crippen LogP contribution in [0.1, 0.15) is 43.5 Å². The van der Waals surface area contributed by atoms with Gasteiger partial charge >= 0.3 is 0 Å². The topological polar surface area (TPSA) is 68.8 Å². The van der Waals surface area contributed by atoms with E-state index in [1.165, 1.54) is 0 Å². The van der Waals surface area contributed by atoms with Crippen LogP contribution in [0.4, 0.5) is 0 Å². The van der Waals surface area contributed by atoms with E-state index in [0.717, 1.165) is 54.0 Å². The molecule has 1 atom stereocenters. The minimum absolute atomic E-state index is 0.402. The average Bonchev–Trinajstić information content (AvgIpc) is 3.31. The highest BCUT2D eigenvalue weighted by Crippen LogP contribution is 2.24. The fourth-order valence-electron chi connectivity index (χ4n) is 3.09. The number of nitrogens with zero attached hydrogens (tertiary/aromatic N) is 4. The van der Waals surface area contributed by atoms with Crippen molar-refractivity contribution in [3.8, 4) is 10.8 Å². The van der Waals surface area contributed by atoms with E-state index in [-0.39, 0.29) is 0 Å². The highest BCUT2D eigenvalue weighted by Gasteiger charge is 2.23. The van der Waals surface area contributed by atoms with E-state index < -0.39 is 0 Å². The summed E-state index contributed by atoms with van der Waals surface area (Å²) in [4.78, 5) is 4.65. The number of rotatable bonds is 5. The van der Waals surface area contributed by atoms with Crippen molar-refractivity contribution in [3.63, 3.8) is 0 Å². The molecule has 0 amide bonds. The lowest BCUT2D eigenvalue weighted by Crippen LogP contribution is -2.37. The van der Waals surface area contributed by atoms with Crippen molar-refractivity contribution in [2.45, 2.75) is 51.7 Å². The van der Waals surface area contributed by atoms with E-state index in [2.05, 4.69) is 44.3 Å². The first-order valence-electron chi connectivity index (χ1n) is 8.34. The molecule has 0 aliphatic carbocycles. The Kier molecular flexibility index (Phi) is 4.20. The van der Waals surface area contributed by atoms with Gasteiger partial charge in [-0.15, -0.1) is 21.5 Å². The van der Waals surface area contributed by atoms with Crippen LogP contribution in [-0.4, -0.2) is 25.8 Å². The zero-order chi connectivity index (χ0) is 16.5. The van der Waals surface area contributed by atoms with Crippen LogP contribution in [0.2, 0.25) is 0 Å². The lowest BCUT2D eigenvalue weighted by Gasteiger charge is -2.25. The van der Waals surface area contributed by atoms with Crippen LogP contribution in [-0.2, 0) is 19.5 Å². The normalized spacial score (nSPS) is 17.4. The summed E-state index contributed by atoms with van der Waals surface area (Å²) < 4.78 is 7.68. The predicted octanol–water partition coefficient (Wildman–Crippen LogP) is 3.22. The number of hydrogen-bond donors (Lipinski definition) is 1. The summed E-state index contributed by atoms with van der Waals surface area (Å²) >= 11 is 1.62. The summed E-state index contributed by atoms with van der Waals surface area (Å²) in [5.74, 6) is 3.44. The molecule has 0 bridgehead atoms. The second-order valence-electron chi connectivity index (χ2n) is 6.48. The van der Waals surface area contributed by atoms with Crippen LogP contribution >= 0.6 is 11.3 Å². The Labute approximate surface area is 144 Å². The molecular weight excluding hydrogens is 322 g/mol. The number of fused-ring (bicyclic) bond motifs is 1. The van der Waals surface area contributed by atoms with Crippen molar-refractivity contribution in [2.75, 3.05) is 0 Å². The summed E-state index contributed by atoms with van der Waals surface area (Å²) in [6.45, 7) is 6.04. The van der Waals surface area contributed by atoms with E-state index in [1.54, 1.807) is 17.6 Å². The van der Waals surface area contributed by atoms with Gasteiger partial charge in [-0.25, -0.2) is 4.98 Å². The highest BCUT2D eigenvalue weighted by atomic mass is 32.1. The first-order valence-corrected chi connectivity index (χ1v) is 9.22. The molecule has 3 aromatic rings. The van der Waals surface area contributed by atoms with Crippen molar-refractivity contribution >= 4 is 11.3 Å². The average molecular weight is 343 g/mol. The summed E-state index contributed by atoms with van der Waals surface area (Å²) in [5.41, 5.74) is 1.06. The Morgan fingerprint density at radius 2 is 2.33 bits per heavy atom. The second kappa shape index (κ2) is 6.49. The summed E-state index contributed by atoms with van der Waals surface area (Å²) in [6.07, 6.45) is 3.75. The Morgan fingerprint density at radius 1 is 1.42 bits per heavy atom. The monoisotopic (exact) mass is 343 g/mol. The fourth-order valence-corrected chi connectivity index (χ4v) is 3.88. The number of nitrogens with one attached hydrogen (secondary N) is 1. The van der Waals surface area contributed by atoms with Gasteiger partial charge < -0.3 is 14.3 Å². The molecule has 0 fully saturated rings. The van der Waals surface area contributed by atoms with E-state index in [0.29, 0.717) is 12.0 Å². The van der Waals surface area contributed by atoms with Gasteiger partial charge in [-0.2, -0.15) is 0 Å². The lowest BCUT2D eigenvalue weighted by atomic mass is 10.1. The molecule has 4 heterocycles. The molecule has 126 valence electrons. The molecule has 0 aromatic carbocycles.